The molecule has 2 rings (SSSR count). The highest BCUT2D eigenvalue weighted by Gasteiger charge is 2.16. The largest absolute Gasteiger partial charge is 0.352 e. The molecule has 1 fully saturated rings. The molecular weight excluding hydrogens is 172 g/mol. The van der Waals surface area contributed by atoms with Gasteiger partial charge in [0.05, 0.1) is 0 Å². The summed E-state index contributed by atoms with van der Waals surface area (Å²) in [5.74, 6) is 0. The van der Waals surface area contributed by atoms with Crippen LogP contribution in [-0.4, -0.2) is 17.2 Å². The zero-order valence-corrected chi connectivity index (χ0v) is 9.43. The molecule has 2 heterocycles. The Balaban J connectivity index is 2.12. The SMILES string of the molecule is Cc1cc(CC2CCCN2)c(C)n1C. The van der Waals surface area contributed by atoms with E-state index in [0.29, 0.717) is 0 Å². The van der Waals surface area contributed by atoms with E-state index in [1.54, 1.807) is 0 Å². The van der Waals surface area contributed by atoms with Crippen LogP contribution in [-0.2, 0) is 13.5 Å². The van der Waals surface area contributed by atoms with Crippen molar-refractivity contribution in [3.8, 4) is 0 Å². The van der Waals surface area contributed by atoms with Crippen molar-refractivity contribution in [3.63, 3.8) is 0 Å². The van der Waals surface area contributed by atoms with E-state index < -0.39 is 0 Å². The van der Waals surface area contributed by atoms with Crippen LogP contribution in [0.3, 0.4) is 0 Å². The Morgan fingerprint density at radius 3 is 2.79 bits per heavy atom. The Morgan fingerprint density at radius 2 is 2.29 bits per heavy atom. The van der Waals surface area contributed by atoms with Gasteiger partial charge in [-0.3, -0.25) is 0 Å². The van der Waals surface area contributed by atoms with Gasteiger partial charge in [0.2, 0.25) is 0 Å². The van der Waals surface area contributed by atoms with Gasteiger partial charge in [-0.05, 0) is 51.3 Å². The summed E-state index contributed by atoms with van der Waals surface area (Å²) < 4.78 is 2.28. The molecule has 0 spiro atoms. The van der Waals surface area contributed by atoms with Crippen molar-refractivity contribution in [1.82, 2.24) is 9.88 Å². The van der Waals surface area contributed by atoms with E-state index in [4.69, 9.17) is 0 Å². The van der Waals surface area contributed by atoms with E-state index in [9.17, 15) is 0 Å². The van der Waals surface area contributed by atoms with Crippen molar-refractivity contribution < 1.29 is 0 Å². The summed E-state index contributed by atoms with van der Waals surface area (Å²) in [4.78, 5) is 0. The van der Waals surface area contributed by atoms with E-state index in [1.807, 2.05) is 0 Å². The molecule has 14 heavy (non-hydrogen) atoms. The molecule has 1 atom stereocenters. The lowest BCUT2D eigenvalue weighted by Gasteiger charge is -2.09. The van der Waals surface area contributed by atoms with Crippen LogP contribution in [0.25, 0.3) is 0 Å². The quantitative estimate of drug-likeness (QED) is 0.757. The fraction of sp³-hybridized carbons (Fsp3) is 0.667. The van der Waals surface area contributed by atoms with Crippen LogP contribution in [0.2, 0.25) is 0 Å². The first kappa shape index (κ1) is 9.78. The summed E-state index contributed by atoms with van der Waals surface area (Å²) in [6.45, 7) is 5.60. The second kappa shape index (κ2) is 3.77. The Labute approximate surface area is 86.3 Å². The number of aryl methyl sites for hydroxylation is 1. The highest BCUT2D eigenvalue weighted by Crippen LogP contribution is 2.18. The van der Waals surface area contributed by atoms with Crippen molar-refractivity contribution in [2.24, 2.45) is 7.05 Å². The predicted molar refractivity (Wildman–Crippen MR) is 59.6 cm³/mol. The standard InChI is InChI=1S/C12H20N2/c1-9-7-11(10(2)14(9)3)8-12-5-4-6-13-12/h7,12-13H,4-6,8H2,1-3H3. The zero-order valence-electron chi connectivity index (χ0n) is 9.43. The van der Waals surface area contributed by atoms with Gasteiger partial charge in [0.25, 0.3) is 0 Å². The van der Waals surface area contributed by atoms with E-state index >= 15 is 0 Å². The van der Waals surface area contributed by atoms with Crippen LogP contribution in [0.1, 0.15) is 29.8 Å². The van der Waals surface area contributed by atoms with Crippen LogP contribution in [0.5, 0.6) is 0 Å². The zero-order chi connectivity index (χ0) is 10.1. The fourth-order valence-electron chi connectivity index (χ4n) is 2.34. The lowest BCUT2D eigenvalue weighted by Crippen LogP contribution is -2.23. The van der Waals surface area contributed by atoms with Crippen molar-refractivity contribution in [2.45, 2.75) is 39.2 Å². The molecule has 0 saturated carbocycles. The Kier molecular flexibility index (Phi) is 2.64. The third-order valence-electron chi connectivity index (χ3n) is 3.51. The number of nitrogens with zero attached hydrogens (tertiary/aromatic N) is 1. The number of aromatic nitrogens is 1. The topological polar surface area (TPSA) is 17.0 Å². The van der Waals surface area contributed by atoms with Gasteiger partial charge in [-0.1, -0.05) is 0 Å². The predicted octanol–water partition coefficient (Wildman–Crippen LogP) is 1.94. The lowest BCUT2D eigenvalue weighted by atomic mass is 10.1. The summed E-state index contributed by atoms with van der Waals surface area (Å²) in [7, 11) is 2.15. The van der Waals surface area contributed by atoms with Crippen molar-refractivity contribution in [1.29, 1.82) is 0 Å². The molecular formula is C12H20N2. The summed E-state index contributed by atoms with van der Waals surface area (Å²) in [5, 5.41) is 3.55. The van der Waals surface area contributed by atoms with Gasteiger partial charge >= 0.3 is 0 Å². The molecule has 1 aromatic rings. The average molecular weight is 192 g/mol. The van der Waals surface area contributed by atoms with Crippen LogP contribution in [0.4, 0.5) is 0 Å². The summed E-state index contributed by atoms with van der Waals surface area (Å²) in [6.07, 6.45) is 3.89. The number of rotatable bonds is 2. The minimum Gasteiger partial charge on any atom is -0.352 e. The van der Waals surface area contributed by atoms with Crippen LogP contribution in [0.15, 0.2) is 6.07 Å². The van der Waals surface area contributed by atoms with Gasteiger partial charge in [-0.15, -0.1) is 0 Å². The minimum absolute atomic E-state index is 0.718. The highest BCUT2D eigenvalue weighted by atomic mass is 15.0. The van der Waals surface area contributed by atoms with Gasteiger partial charge < -0.3 is 9.88 Å². The maximum absolute atomic E-state index is 3.55. The van der Waals surface area contributed by atoms with Crippen LogP contribution < -0.4 is 5.32 Å². The molecule has 1 aliphatic rings. The van der Waals surface area contributed by atoms with E-state index in [1.165, 1.54) is 42.8 Å². The summed E-state index contributed by atoms with van der Waals surface area (Å²) >= 11 is 0. The molecule has 1 aromatic heterocycles. The van der Waals surface area contributed by atoms with E-state index in [0.717, 1.165) is 6.04 Å². The highest BCUT2D eigenvalue weighted by molar-refractivity contribution is 5.27. The van der Waals surface area contributed by atoms with Gasteiger partial charge in [-0.2, -0.15) is 0 Å². The van der Waals surface area contributed by atoms with Crippen molar-refractivity contribution >= 4 is 0 Å². The summed E-state index contributed by atoms with van der Waals surface area (Å²) in [6, 6.07) is 3.05. The first-order valence-electron chi connectivity index (χ1n) is 5.53. The monoisotopic (exact) mass is 192 g/mol. The molecule has 0 radical (unpaired) electrons. The maximum Gasteiger partial charge on any atom is 0.0175 e. The molecule has 1 aliphatic heterocycles. The van der Waals surface area contributed by atoms with Gasteiger partial charge in [0, 0.05) is 24.5 Å². The first-order valence-corrected chi connectivity index (χ1v) is 5.53. The van der Waals surface area contributed by atoms with Crippen LogP contribution >= 0.6 is 0 Å². The normalized spacial score (nSPS) is 21.8. The Bertz CT molecular complexity index is 319. The Hall–Kier alpha value is -0.760. The van der Waals surface area contributed by atoms with Gasteiger partial charge in [-0.25, -0.2) is 0 Å². The number of hydrogen-bond donors (Lipinski definition) is 1. The molecule has 78 valence electrons. The minimum atomic E-state index is 0.718. The third kappa shape index (κ3) is 1.71. The second-order valence-corrected chi connectivity index (χ2v) is 4.45. The van der Waals surface area contributed by atoms with Crippen molar-refractivity contribution in [3.05, 3.63) is 23.0 Å². The average Bonchev–Trinajstić information content (AvgIpc) is 2.73. The molecule has 0 bridgehead atoms. The second-order valence-electron chi connectivity index (χ2n) is 4.45. The van der Waals surface area contributed by atoms with E-state index in [-0.39, 0.29) is 0 Å². The van der Waals surface area contributed by atoms with Gasteiger partial charge in [0.15, 0.2) is 0 Å². The molecule has 1 unspecified atom stereocenters. The number of hydrogen-bond acceptors (Lipinski definition) is 1. The van der Waals surface area contributed by atoms with Crippen molar-refractivity contribution in [2.75, 3.05) is 6.54 Å². The fourth-order valence-corrected chi connectivity index (χ4v) is 2.34. The Morgan fingerprint density at radius 1 is 1.50 bits per heavy atom. The maximum atomic E-state index is 3.55. The molecule has 0 amide bonds. The molecule has 2 heteroatoms. The molecule has 0 aliphatic carbocycles. The molecule has 1 saturated heterocycles. The third-order valence-corrected chi connectivity index (χ3v) is 3.51. The van der Waals surface area contributed by atoms with E-state index in [2.05, 4.69) is 36.8 Å². The lowest BCUT2D eigenvalue weighted by molar-refractivity contribution is 0.600. The molecule has 2 nitrogen and oxygen atoms in total. The van der Waals surface area contributed by atoms with Gasteiger partial charge in [0.1, 0.15) is 0 Å². The smallest absolute Gasteiger partial charge is 0.0175 e. The molecule has 0 aromatic carbocycles. The summed E-state index contributed by atoms with van der Waals surface area (Å²) in [5.41, 5.74) is 4.32. The van der Waals surface area contributed by atoms with Crippen LogP contribution in [0, 0.1) is 13.8 Å². The molecule has 1 N–H and O–H groups in total. The first-order chi connectivity index (χ1) is 6.68. The number of nitrogens with one attached hydrogen (secondary N) is 1.